The van der Waals surface area contributed by atoms with Crippen LogP contribution in [0, 0.1) is 17.2 Å². The van der Waals surface area contributed by atoms with Gasteiger partial charge in [-0.15, -0.1) is 10.2 Å². The van der Waals surface area contributed by atoms with Crippen molar-refractivity contribution in [2.75, 3.05) is 5.32 Å². The fraction of sp³-hybridized carbons (Fsp3) is 0.333. The SMILES string of the molecule is N#Cc1nnc2ccccc2c1N[C@@H]1CC(Cn2cccn2)C[C@H]1O. The van der Waals surface area contributed by atoms with Crippen LogP contribution >= 0.6 is 0 Å². The number of hydrogen-bond donors (Lipinski definition) is 2. The van der Waals surface area contributed by atoms with Crippen molar-refractivity contribution >= 4 is 16.6 Å². The first-order valence-electron chi connectivity index (χ1n) is 8.32. The van der Waals surface area contributed by atoms with Crippen LogP contribution in [0.1, 0.15) is 18.5 Å². The molecule has 1 fully saturated rings. The van der Waals surface area contributed by atoms with Gasteiger partial charge in [0.2, 0.25) is 0 Å². The van der Waals surface area contributed by atoms with Gasteiger partial charge >= 0.3 is 0 Å². The van der Waals surface area contributed by atoms with Crippen LogP contribution in [0.3, 0.4) is 0 Å². The smallest absolute Gasteiger partial charge is 0.186 e. The minimum Gasteiger partial charge on any atom is -0.391 e. The average molecular weight is 334 g/mol. The first-order chi connectivity index (χ1) is 12.2. The summed E-state index contributed by atoms with van der Waals surface area (Å²) >= 11 is 0. The van der Waals surface area contributed by atoms with Crippen LogP contribution in [0.25, 0.3) is 10.9 Å². The number of benzene rings is 1. The summed E-state index contributed by atoms with van der Waals surface area (Å²) in [4.78, 5) is 0. The summed E-state index contributed by atoms with van der Waals surface area (Å²) in [7, 11) is 0. The molecule has 7 nitrogen and oxygen atoms in total. The van der Waals surface area contributed by atoms with Gasteiger partial charge in [0.15, 0.2) is 5.69 Å². The van der Waals surface area contributed by atoms with Crippen LogP contribution < -0.4 is 5.32 Å². The normalized spacial score (nSPS) is 22.8. The first-order valence-corrected chi connectivity index (χ1v) is 8.32. The highest BCUT2D eigenvalue weighted by molar-refractivity contribution is 5.92. The number of fused-ring (bicyclic) bond motifs is 1. The third-order valence-electron chi connectivity index (χ3n) is 4.73. The molecule has 0 amide bonds. The molecule has 2 N–H and O–H groups in total. The summed E-state index contributed by atoms with van der Waals surface area (Å²) in [6.07, 6.45) is 4.73. The van der Waals surface area contributed by atoms with Gasteiger partial charge in [-0.3, -0.25) is 4.68 Å². The molecule has 3 aromatic rings. The molecule has 1 aromatic carbocycles. The summed E-state index contributed by atoms with van der Waals surface area (Å²) < 4.78 is 1.89. The molecule has 0 aliphatic heterocycles. The number of nitriles is 1. The lowest BCUT2D eigenvalue weighted by atomic mass is 10.1. The Hall–Kier alpha value is -2.98. The maximum atomic E-state index is 10.5. The lowest BCUT2D eigenvalue weighted by molar-refractivity contribution is 0.166. The monoisotopic (exact) mass is 334 g/mol. The molecular formula is C18H18N6O. The Morgan fingerprint density at radius 1 is 1.24 bits per heavy atom. The van der Waals surface area contributed by atoms with E-state index in [-0.39, 0.29) is 11.7 Å². The van der Waals surface area contributed by atoms with E-state index in [0.29, 0.717) is 18.0 Å². The molecule has 0 radical (unpaired) electrons. The van der Waals surface area contributed by atoms with Crippen molar-refractivity contribution < 1.29 is 5.11 Å². The molecule has 1 saturated carbocycles. The number of aliphatic hydroxyl groups excluding tert-OH is 1. The van der Waals surface area contributed by atoms with Gasteiger partial charge in [0.25, 0.3) is 0 Å². The van der Waals surface area contributed by atoms with E-state index in [2.05, 4.69) is 26.7 Å². The van der Waals surface area contributed by atoms with Crippen molar-refractivity contribution in [3.63, 3.8) is 0 Å². The Morgan fingerprint density at radius 3 is 2.92 bits per heavy atom. The Kier molecular flexibility index (Phi) is 4.04. The minimum atomic E-state index is -0.473. The van der Waals surface area contributed by atoms with Gasteiger partial charge in [0.1, 0.15) is 6.07 Å². The summed E-state index contributed by atoms with van der Waals surface area (Å²) in [5, 5.41) is 36.4. The summed E-state index contributed by atoms with van der Waals surface area (Å²) in [6, 6.07) is 11.4. The molecule has 0 spiro atoms. The van der Waals surface area contributed by atoms with Crippen LogP contribution in [0.2, 0.25) is 0 Å². The van der Waals surface area contributed by atoms with E-state index in [1.54, 1.807) is 6.20 Å². The van der Waals surface area contributed by atoms with Gasteiger partial charge in [-0.25, -0.2) is 0 Å². The average Bonchev–Trinajstić information content (AvgIpc) is 3.25. The fourth-order valence-electron chi connectivity index (χ4n) is 3.56. The van der Waals surface area contributed by atoms with Crippen LogP contribution in [0.4, 0.5) is 5.69 Å². The molecule has 4 rings (SSSR count). The zero-order valence-corrected chi connectivity index (χ0v) is 13.6. The molecule has 0 saturated heterocycles. The van der Waals surface area contributed by atoms with Crippen LogP contribution in [-0.2, 0) is 6.54 Å². The van der Waals surface area contributed by atoms with Gasteiger partial charge < -0.3 is 10.4 Å². The Morgan fingerprint density at radius 2 is 2.12 bits per heavy atom. The topological polar surface area (TPSA) is 99.7 Å². The second-order valence-corrected chi connectivity index (χ2v) is 6.44. The second kappa shape index (κ2) is 6.49. The van der Waals surface area contributed by atoms with Gasteiger partial charge in [0, 0.05) is 24.3 Å². The summed E-state index contributed by atoms with van der Waals surface area (Å²) in [6.45, 7) is 0.780. The highest BCUT2D eigenvalue weighted by Crippen LogP contribution is 2.32. The number of anilines is 1. The molecule has 3 atom stereocenters. The maximum absolute atomic E-state index is 10.5. The van der Waals surface area contributed by atoms with Gasteiger partial charge in [-0.05, 0) is 30.9 Å². The lowest BCUT2D eigenvalue weighted by Gasteiger charge is -2.19. The highest BCUT2D eigenvalue weighted by atomic mass is 16.3. The van der Waals surface area contributed by atoms with Crippen molar-refractivity contribution in [2.45, 2.75) is 31.5 Å². The van der Waals surface area contributed by atoms with Gasteiger partial charge in [0.05, 0.1) is 23.3 Å². The molecule has 2 heterocycles. The number of aromatic nitrogens is 4. The number of aliphatic hydroxyl groups is 1. The molecule has 0 bridgehead atoms. The van der Waals surface area contributed by atoms with E-state index >= 15 is 0 Å². The van der Waals surface area contributed by atoms with E-state index in [4.69, 9.17) is 0 Å². The number of hydrogen-bond acceptors (Lipinski definition) is 6. The summed E-state index contributed by atoms with van der Waals surface area (Å²) in [5.41, 5.74) is 1.63. The Labute approximate surface area is 144 Å². The van der Waals surface area contributed by atoms with Crippen molar-refractivity contribution in [2.24, 2.45) is 5.92 Å². The maximum Gasteiger partial charge on any atom is 0.186 e. The molecule has 126 valence electrons. The molecule has 1 unspecified atom stereocenters. The first kappa shape index (κ1) is 15.5. The second-order valence-electron chi connectivity index (χ2n) is 6.44. The predicted octanol–water partition coefficient (Wildman–Crippen LogP) is 1.95. The largest absolute Gasteiger partial charge is 0.391 e. The zero-order chi connectivity index (χ0) is 17.2. The molecule has 2 aromatic heterocycles. The Balaban J connectivity index is 1.58. The quantitative estimate of drug-likeness (QED) is 0.756. The van der Waals surface area contributed by atoms with Crippen molar-refractivity contribution in [1.29, 1.82) is 5.26 Å². The zero-order valence-electron chi connectivity index (χ0n) is 13.6. The standard InChI is InChI=1S/C18H18N6O/c19-10-16-18(13-4-1-2-5-14(13)22-23-16)21-15-8-12(9-17(15)25)11-24-7-3-6-20-24/h1-7,12,15,17,25H,8-9,11H2,(H,21,22)/t12?,15-,17-/m1/s1. The molecule has 1 aliphatic carbocycles. The fourth-order valence-corrected chi connectivity index (χ4v) is 3.56. The number of nitrogens with one attached hydrogen (secondary N) is 1. The lowest BCUT2D eigenvalue weighted by Crippen LogP contribution is -2.28. The van der Waals surface area contributed by atoms with Crippen LogP contribution in [-0.4, -0.2) is 37.2 Å². The van der Waals surface area contributed by atoms with Gasteiger partial charge in [-0.1, -0.05) is 18.2 Å². The minimum absolute atomic E-state index is 0.125. The van der Waals surface area contributed by atoms with Gasteiger partial charge in [-0.2, -0.15) is 10.4 Å². The van der Waals surface area contributed by atoms with E-state index in [9.17, 15) is 10.4 Å². The molecule has 7 heteroatoms. The third kappa shape index (κ3) is 3.04. The number of rotatable bonds is 4. The summed E-state index contributed by atoms with van der Waals surface area (Å²) in [5.74, 6) is 0.332. The van der Waals surface area contributed by atoms with E-state index in [1.165, 1.54) is 0 Å². The van der Waals surface area contributed by atoms with Crippen LogP contribution in [0.15, 0.2) is 42.7 Å². The van der Waals surface area contributed by atoms with E-state index in [0.717, 1.165) is 23.9 Å². The van der Waals surface area contributed by atoms with Crippen molar-refractivity contribution in [3.8, 4) is 6.07 Å². The predicted molar refractivity (Wildman–Crippen MR) is 92.6 cm³/mol. The molecular weight excluding hydrogens is 316 g/mol. The third-order valence-corrected chi connectivity index (χ3v) is 4.73. The number of nitrogens with zero attached hydrogens (tertiary/aromatic N) is 5. The van der Waals surface area contributed by atoms with E-state index < -0.39 is 6.10 Å². The van der Waals surface area contributed by atoms with E-state index in [1.807, 2.05) is 41.2 Å². The highest BCUT2D eigenvalue weighted by Gasteiger charge is 2.34. The Bertz CT molecular complexity index is 917. The molecule has 1 aliphatic rings. The van der Waals surface area contributed by atoms with Crippen molar-refractivity contribution in [1.82, 2.24) is 20.0 Å². The van der Waals surface area contributed by atoms with Crippen LogP contribution in [0.5, 0.6) is 0 Å². The van der Waals surface area contributed by atoms with Crippen molar-refractivity contribution in [3.05, 3.63) is 48.4 Å². The molecule has 25 heavy (non-hydrogen) atoms.